The van der Waals surface area contributed by atoms with Gasteiger partial charge in [-0.3, -0.25) is 4.90 Å². The van der Waals surface area contributed by atoms with E-state index in [4.69, 9.17) is 4.74 Å². The Morgan fingerprint density at radius 3 is 2.69 bits per heavy atom. The molecule has 1 amide bonds. The molecule has 1 heterocycles. The third-order valence-electron chi connectivity index (χ3n) is 3.32. The van der Waals surface area contributed by atoms with Crippen molar-refractivity contribution in [2.75, 3.05) is 6.61 Å². The van der Waals surface area contributed by atoms with E-state index in [0.717, 1.165) is 19.3 Å². The molecule has 0 aromatic carbocycles. The predicted octanol–water partition coefficient (Wildman–Crippen LogP) is 1.77. The maximum absolute atomic E-state index is 12.0. The fourth-order valence-electron chi connectivity index (χ4n) is 2.48. The highest BCUT2D eigenvalue weighted by Crippen LogP contribution is 2.45. The van der Waals surface area contributed by atoms with Gasteiger partial charge in [0, 0.05) is 6.04 Å². The number of amides is 1. The smallest absolute Gasteiger partial charge is 0.410 e. The van der Waals surface area contributed by atoms with Crippen LogP contribution in [-0.2, 0) is 4.74 Å². The van der Waals surface area contributed by atoms with Gasteiger partial charge in [0.25, 0.3) is 0 Å². The Bertz CT molecular complexity index is 284. The first-order chi connectivity index (χ1) is 7.42. The Hall–Kier alpha value is -0.770. The maximum atomic E-state index is 12.0. The quantitative estimate of drug-likeness (QED) is 0.742. The fourth-order valence-corrected chi connectivity index (χ4v) is 2.48. The summed E-state index contributed by atoms with van der Waals surface area (Å²) in [5.74, 6) is 0.648. The molecule has 1 saturated carbocycles. The third-order valence-corrected chi connectivity index (χ3v) is 3.32. The molecule has 1 saturated heterocycles. The van der Waals surface area contributed by atoms with Crippen LogP contribution >= 0.6 is 0 Å². The van der Waals surface area contributed by atoms with Crippen LogP contribution in [0.4, 0.5) is 4.79 Å². The van der Waals surface area contributed by atoms with E-state index in [1.165, 1.54) is 0 Å². The number of carbonyl (C=O) groups is 1. The minimum absolute atomic E-state index is 0.0430. The van der Waals surface area contributed by atoms with Crippen LogP contribution in [0.1, 0.15) is 40.0 Å². The van der Waals surface area contributed by atoms with Gasteiger partial charge in [0.05, 0.1) is 12.6 Å². The van der Waals surface area contributed by atoms with E-state index in [2.05, 4.69) is 0 Å². The van der Waals surface area contributed by atoms with E-state index in [0.29, 0.717) is 12.0 Å². The molecule has 0 radical (unpaired) electrons. The highest BCUT2D eigenvalue weighted by Gasteiger charge is 2.50. The lowest BCUT2D eigenvalue weighted by molar-refractivity contribution is -0.00121. The number of rotatable bonds is 1. The Kier molecular flexibility index (Phi) is 2.86. The molecular formula is C12H21NO3. The molecule has 2 fully saturated rings. The molecule has 1 aliphatic heterocycles. The van der Waals surface area contributed by atoms with Gasteiger partial charge in [-0.25, -0.2) is 4.79 Å². The second kappa shape index (κ2) is 3.91. The van der Waals surface area contributed by atoms with Crippen LogP contribution < -0.4 is 0 Å². The van der Waals surface area contributed by atoms with Gasteiger partial charge >= 0.3 is 6.09 Å². The molecule has 0 aromatic rings. The number of carbonyl (C=O) groups excluding carboxylic acids is 1. The largest absolute Gasteiger partial charge is 0.444 e. The first kappa shape index (κ1) is 11.7. The lowest BCUT2D eigenvalue weighted by Crippen LogP contribution is -2.48. The standard InChI is InChI=1S/C12H21NO3/c1-12(2,3)16-11(15)13-9(7-14)5-4-8-6-10(8)13/h8-10,14H,4-7H2,1-3H3. The monoisotopic (exact) mass is 227 g/mol. The second-order valence-electron chi connectivity index (χ2n) is 5.86. The number of nitrogens with zero attached hydrogens (tertiary/aromatic N) is 1. The van der Waals surface area contributed by atoms with E-state index < -0.39 is 5.60 Å². The van der Waals surface area contributed by atoms with Gasteiger partial charge in [0.1, 0.15) is 5.60 Å². The molecule has 16 heavy (non-hydrogen) atoms. The van der Waals surface area contributed by atoms with E-state index in [9.17, 15) is 9.90 Å². The van der Waals surface area contributed by atoms with E-state index in [1.54, 1.807) is 4.90 Å². The van der Waals surface area contributed by atoms with Crippen molar-refractivity contribution in [2.45, 2.75) is 57.7 Å². The summed E-state index contributed by atoms with van der Waals surface area (Å²) in [5, 5.41) is 9.30. The number of likely N-dealkylation sites (tertiary alicyclic amines) is 1. The molecule has 2 rings (SSSR count). The number of hydrogen-bond acceptors (Lipinski definition) is 3. The average Bonchev–Trinajstić information content (AvgIpc) is 2.91. The molecule has 2 aliphatic rings. The van der Waals surface area contributed by atoms with Crippen molar-refractivity contribution >= 4 is 6.09 Å². The van der Waals surface area contributed by atoms with Gasteiger partial charge in [-0.2, -0.15) is 0 Å². The number of hydrogen-bond donors (Lipinski definition) is 1. The normalized spacial score (nSPS) is 33.2. The Morgan fingerprint density at radius 1 is 1.44 bits per heavy atom. The summed E-state index contributed by atoms with van der Waals surface area (Å²) < 4.78 is 5.38. The fraction of sp³-hybridized carbons (Fsp3) is 0.917. The van der Waals surface area contributed by atoms with Crippen LogP contribution in [0, 0.1) is 5.92 Å². The highest BCUT2D eigenvalue weighted by atomic mass is 16.6. The zero-order chi connectivity index (χ0) is 11.9. The predicted molar refractivity (Wildman–Crippen MR) is 60.1 cm³/mol. The molecule has 3 unspecified atom stereocenters. The summed E-state index contributed by atoms with van der Waals surface area (Å²) in [5.41, 5.74) is -0.459. The highest BCUT2D eigenvalue weighted by molar-refractivity contribution is 5.70. The number of piperidine rings is 1. The zero-order valence-electron chi connectivity index (χ0n) is 10.3. The first-order valence-electron chi connectivity index (χ1n) is 6.04. The van der Waals surface area contributed by atoms with Crippen molar-refractivity contribution < 1.29 is 14.6 Å². The number of aliphatic hydroxyl groups excluding tert-OH is 1. The molecule has 4 heteroatoms. The van der Waals surface area contributed by atoms with Crippen molar-refractivity contribution in [1.29, 1.82) is 0 Å². The van der Waals surface area contributed by atoms with Gasteiger partial charge in [-0.05, 0) is 46.0 Å². The number of fused-ring (bicyclic) bond motifs is 1. The van der Waals surface area contributed by atoms with Crippen LogP contribution in [0.2, 0.25) is 0 Å². The van der Waals surface area contributed by atoms with E-state index >= 15 is 0 Å². The second-order valence-corrected chi connectivity index (χ2v) is 5.86. The summed E-state index contributed by atoms with van der Waals surface area (Å²) >= 11 is 0. The van der Waals surface area contributed by atoms with Crippen LogP contribution in [0.5, 0.6) is 0 Å². The third kappa shape index (κ3) is 2.32. The maximum Gasteiger partial charge on any atom is 0.410 e. The number of ether oxygens (including phenoxy) is 1. The van der Waals surface area contributed by atoms with Gasteiger partial charge in [0.2, 0.25) is 0 Å². The molecule has 0 aromatic heterocycles. The molecule has 3 atom stereocenters. The van der Waals surface area contributed by atoms with Crippen molar-refractivity contribution in [3.05, 3.63) is 0 Å². The number of aliphatic hydroxyl groups is 1. The van der Waals surface area contributed by atoms with Crippen LogP contribution in [0.25, 0.3) is 0 Å². The van der Waals surface area contributed by atoms with Gasteiger partial charge < -0.3 is 9.84 Å². The Labute approximate surface area is 96.6 Å². The molecular weight excluding hydrogens is 206 g/mol. The van der Waals surface area contributed by atoms with Crippen molar-refractivity contribution in [2.24, 2.45) is 5.92 Å². The van der Waals surface area contributed by atoms with Crippen LogP contribution in [0.15, 0.2) is 0 Å². The summed E-state index contributed by atoms with van der Waals surface area (Å²) in [4.78, 5) is 13.8. The summed E-state index contributed by atoms with van der Waals surface area (Å²) in [7, 11) is 0. The molecule has 92 valence electrons. The molecule has 0 bridgehead atoms. The van der Waals surface area contributed by atoms with Crippen molar-refractivity contribution in [1.82, 2.24) is 4.90 Å². The van der Waals surface area contributed by atoms with Crippen molar-refractivity contribution in [3.63, 3.8) is 0 Å². The van der Waals surface area contributed by atoms with Gasteiger partial charge in [0.15, 0.2) is 0 Å². The molecule has 0 spiro atoms. The lowest BCUT2D eigenvalue weighted by atomic mass is 10.0. The first-order valence-corrected chi connectivity index (χ1v) is 6.04. The van der Waals surface area contributed by atoms with E-state index in [1.807, 2.05) is 20.8 Å². The minimum atomic E-state index is -0.459. The van der Waals surface area contributed by atoms with Crippen LogP contribution in [0.3, 0.4) is 0 Å². The van der Waals surface area contributed by atoms with Crippen LogP contribution in [-0.4, -0.2) is 40.4 Å². The average molecular weight is 227 g/mol. The molecule has 1 aliphatic carbocycles. The summed E-state index contributed by atoms with van der Waals surface area (Å²) in [6.45, 7) is 5.65. The minimum Gasteiger partial charge on any atom is -0.444 e. The van der Waals surface area contributed by atoms with Gasteiger partial charge in [-0.15, -0.1) is 0 Å². The summed E-state index contributed by atoms with van der Waals surface area (Å²) in [6.07, 6.45) is 2.85. The lowest BCUT2D eigenvalue weighted by Gasteiger charge is -2.35. The molecule has 4 nitrogen and oxygen atoms in total. The van der Waals surface area contributed by atoms with Crippen molar-refractivity contribution in [3.8, 4) is 0 Å². The SMILES string of the molecule is CC(C)(C)OC(=O)N1C(CO)CCC2CC21. The van der Waals surface area contributed by atoms with Gasteiger partial charge in [-0.1, -0.05) is 0 Å². The molecule has 1 N–H and O–H groups in total. The zero-order valence-corrected chi connectivity index (χ0v) is 10.3. The Balaban J connectivity index is 2.02. The Morgan fingerprint density at radius 2 is 2.12 bits per heavy atom. The summed E-state index contributed by atoms with van der Waals surface area (Å²) in [6, 6.07) is 0.277. The van der Waals surface area contributed by atoms with E-state index in [-0.39, 0.29) is 18.7 Å². The topological polar surface area (TPSA) is 49.8 Å².